The molecule has 2 amide bonds. The molecule has 2 aliphatic rings. The number of carbonyl (C=O) groups is 2. The van der Waals surface area contributed by atoms with Crippen LogP contribution in [-0.4, -0.2) is 40.1 Å². The molecule has 5 rings (SSSR count). The highest BCUT2D eigenvalue weighted by Gasteiger charge is 2.53. The van der Waals surface area contributed by atoms with Gasteiger partial charge >= 0.3 is 0 Å². The van der Waals surface area contributed by atoms with Gasteiger partial charge in [0.05, 0.1) is 17.6 Å². The third kappa shape index (κ3) is 4.11. The summed E-state index contributed by atoms with van der Waals surface area (Å²) >= 11 is 0. The molecule has 6 heteroatoms. The molecule has 3 aromatic carbocycles. The highest BCUT2D eigenvalue weighted by Crippen LogP contribution is 2.35. The first kappa shape index (κ1) is 21.7. The third-order valence-electron chi connectivity index (χ3n) is 5.96. The van der Waals surface area contributed by atoms with Crippen molar-refractivity contribution in [1.29, 1.82) is 0 Å². The molecule has 1 saturated heterocycles. The van der Waals surface area contributed by atoms with Gasteiger partial charge in [0, 0.05) is 11.3 Å². The molecule has 34 heavy (non-hydrogen) atoms. The van der Waals surface area contributed by atoms with Crippen molar-refractivity contribution in [3.8, 4) is 11.8 Å². The summed E-state index contributed by atoms with van der Waals surface area (Å²) in [6.07, 6.45) is 2.37. The molecule has 2 heterocycles. The fourth-order valence-electron chi connectivity index (χ4n) is 4.33. The zero-order valence-electron chi connectivity index (χ0n) is 18.3. The lowest BCUT2D eigenvalue weighted by Gasteiger charge is -2.39. The molecule has 2 aliphatic heterocycles. The summed E-state index contributed by atoms with van der Waals surface area (Å²) in [5.74, 6) is 4.58. The molecule has 0 bridgehead atoms. The van der Waals surface area contributed by atoms with E-state index in [2.05, 4.69) is 17.3 Å². The van der Waals surface area contributed by atoms with Crippen molar-refractivity contribution in [2.24, 2.45) is 5.92 Å². The van der Waals surface area contributed by atoms with E-state index in [4.69, 9.17) is 0 Å². The van der Waals surface area contributed by atoms with Gasteiger partial charge in [0.2, 0.25) is 5.91 Å². The van der Waals surface area contributed by atoms with Crippen molar-refractivity contribution >= 4 is 23.2 Å². The van der Waals surface area contributed by atoms with Crippen LogP contribution in [0.4, 0.5) is 11.4 Å². The van der Waals surface area contributed by atoms with Crippen LogP contribution in [0.25, 0.3) is 0 Å². The number of anilines is 2. The van der Waals surface area contributed by atoms with Gasteiger partial charge < -0.3 is 10.5 Å². The Morgan fingerprint density at radius 3 is 2.09 bits per heavy atom. The largest absolute Gasteiger partial charge is 0.378 e. The number of nitrogens with zero attached hydrogens (tertiary/aromatic N) is 2. The van der Waals surface area contributed by atoms with Crippen LogP contribution in [0.1, 0.15) is 5.56 Å². The van der Waals surface area contributed by atoms with Crippen LogP contribution >= 0.6 is 0 Å². The van der Waals surface area contributed by atoms with Crippen molar-refractivity contribution in [3.63, 3.8) is 0 Å². The zero-order valence-corrected chi connectivity index (χ0v) is 18.3. The Bertz CT molecular complexity index is 1270. The Balaban J connectivity index is 1.50. The van der Waals surface area contributed by atoms with Crippen molar-refractivity contribution < 1.29 is 14.7 Å². The Kier molecular flexibility index (Phi) is 5.96. The average Bonchev–Trinajstić information content (AvgIpc) is 3.14. The molecule has 0 spiro atoms. The van der Waals surface area contributed by atoms with Crippen molar-refractivity contribution in [2.45, 2.75) is 18.2 Å². The molecule has 0 aliphatic carbocycles. The number of imide groups is 1. The number of aliphatic hydroxyl groups excluding tert-OH is 1. The van der Waals surface area contributed by atoms with E-state index < -0.39 is 24.1 Å². The molecule has 4 unspecified atom stereocenters. The molecule has 3 aromatic rings. The van der Waals surface area contributed by atoms with E-state index in [1.54, 1.807) is 41.4 Å². The maximum Gasteiger partial charge on any atom is 0.254 e. The third-order valence-corrected chi connectivity index (χ3v) is 5.96. The smallest absolute Gasteiger partial charge is 0.254 e. The van der Waals surface area contributed by atoms with Gasteiger partial charge in [-0.05, 0) is 36.4 Å². The fraction of sp³-hybridized carbons (Fsp3) is 0.143. The number of fused-ring (bicyclic) bond motifs is 1. The second kappa shape index (κ2) is 9.36. The number of benzene rings is 3. The summed E-state index contributed by atoms with van der Waals surface area (Å²) in [6.45, 7) is 0. The summed E-state index contributed by atoms with van der Waals surface area (Å²) in [7, 11) is 0. The molecule has 0 radical (unpaired) electrons. The predicted octanol–water partition coefficient (Wildman–Crippen LogP) is 3.22. The number of para-hydroxylation sites is 2. The quantitative estimate of drug-likeness (QED) is 0.364. The summed E-state index contributed by atoms with van der Waals surface area (Å²) in [4.78, 5) is 28.0. The fourth-order valence-corrected chi connectivity index (χ4v) is 4.33. The average molecular weight is 450 g/mol. The first-order valence-electron chi connectivity index (χ1n) is 11.1. The van der Waals surface area contributed by atoms with E-state index in [-0.39, 0.29) is 11.8 Å². The van der Waals surface area contributed by atoms with Gasteiger partial charge in [-0.1, -0.05) is 78.6 Å². The molecule has 0 aromatic heterocycles. The minimum atomic E-state index is -1.10. The maximum absolute atomic E-state index is 13.6. The predicted molar refractivity (Wildman–Crippen MR) is 130 cm³/mol. The van der Waals surface area contributed by atoms with Gasteiger partial charge in [0.15, 0.2) is 0 Å². The first-order chi connectivity index (χ1) is 16.6. The molecular formula is C28H23N3O3. The van der Waals surface area contributed by atoms with Crippen LogP contribution in [0.3, 0.4) is 0 Å². The number of aliphatic hydroxyl groups is 1. The number of nitrogens with one attached hydrogen (secondary N) is 1. The highest BCUT2D eigenvalue weighted by molar-refractivity contribution is 6.24. The van der Waals surface area contributed by atoms with E-state index in [1.807, 2.05) is 66.7 Å². The van der Waals surface area contributed by atoms with E-state index >= 15 is 0 Å². The molecule has 168 valence electrons. The Morgan fingerprint density at radius 1 is 0.794 bits per heavy atom. The number of hydrogen-bond acceptors (Lipinski definition) is 5. The van der Waals surface area contributed by atoms with Crippen molar-refractivity contribution in [2.75, 3.05) is 10.3 Å². The summed E-state index contributed by atoms with van der Waals surface area (Å²) in [6, 6.07) is 26.2. The minimum absolute atomic E-state index is 0.291. The highest BCUT2D eigenvalue weighted by atomic mass is 16.3. The van der Waals surface area contributed by atoms with E-state index in [0.717, 1.165) is 11.3 Å². The molecule has 1 fully saturated rings. The monoisotopic (exact) mass is 449 g/mol. The zero-order chi connectivity index (χ0) is 23.5. The van der Waals surface area contributed by atoms with Crippen LogP contribution < -0.4 is 10.3 Å². The van der Waals surface area contributed by atoms with Crippen LogP contribution in [-0.2, 0) is 9.59 Å². The van der Waals surface area contributed by atoms with Gasteiger partial charge in [-0.25, -0.2) is 4.90 Å². The van der Waals surface area contributed by atoms with Gasteiger partial charge in [-0.3, -0.25) is 9.59 Å². The molecular weight excluding hydrogens is 426 g/mol. The summed E-state index contributed by atoms with van der Waals surface area (Å²) in [5, 5.41) is 12.7. The van der Waals surface area contributed by atoms with E-state index in [1.165, 1.54) is 4.90 Å². The molecule has 0 saturated carbocycles. The normalized spacial score (nSPS) is 22.6. The van der Waals surface area contributed by atoms with Gasteiger partial charge in [0.25, 0.3) is 5.91 Å². The Morgan fingerprint density at radius 2 is 1.41 bits per heavy atom. The molecule has 6 nitrogen and oxygen atoms in total. The van der Waals surface area contributed by atoms with Crippen LogP contribution in [0.15, 0.2) is 103 Å². The van der Waals surface area contributed by atoms with Gasteiger partial charge in [0.1, 0.15) is 12.1 Å². The number of hydrogen-bond donors (Lipinski definition) is 2. The van der Waals surface area contributed by atoms with E-state index in [9.17, 15) is 14.7 Å². The van der Waals surface area contributed by atoms with Crippen molar-refractivity contribution in [3.05, 3.63) is 109 Å². The lowest BCUT2D eigenvalue weighted by molar-refractivity contribution is -0.123. The minimum Gasteiger partial charge on any atom is -0.378 e. The lowest BCUT2D eigenvalue weighted by Crippen LogP contribution is -2.57. The maximum atomic E-state index is 13.6. The van der Waals surface area contributed by atoms with Crippen LogP contribution in [0.5, 0.6) is 0 Å². The Labute approximate surface area is 198 Å². The second-order valence-corrected chi connectivity index (χ2v) is 8.16. The van der Waals surface area contributed by atoms with Crippen LogP contribution in [0.2, 0.25) is 0 Å². The van der Waals surface area contributed by atoms with E-state index in [0.29, 0.717) is 5.69 Å². The van der Waals surface area contributed by atoms with Gasteiger partial charge in [-0.15, -0.1) is 0 Å². The SMILES string of the molecule is O=C1C2C=CC(C(O)C#Cc3ccccc3)N(Nc3ccccc3)C2C(=O)N1c1ccccc1. The summed E-state index contributed by atoms with van der Waals surface area (Å²) in [5.41, 5.74) is 5.31. The standard InChI is InChI=1S/C28H23N3O3/c32-25(19-16-20-10-4-1-5-11-20)24-18-17-23-26(31(24)29-21-12-6-2-7-13-21)28(34)30(27(23)33)22-14-8-3-9-15-22/h1-15,17-18,23-26,29,32H. The Hall–Kier alpha value is -4.18. The van der Waals surface area contributed by atoms with Crippen molar-refractivity contribution in [1.82, 2.24) is 5.01 Å². The second-order valence-electron chi connectivity index (χ2n) is 8.16. The number of hydrazine groups is 1. The first-order valence-corrected chi connectivity index (χ1v) is 11.1. The number of amides is 2. The summed E-state index contributed by atoms with van der Waals surface area (Å²) < 4.78 is 0. The lowest BCUT2D eigenvalue weighted by atomic mass is 9.92. The topological polar surface area (TPSA) is 72.9 Å². The van der Waals surface area contributed by atoms with Gasteiger partial charge in [-0.2, -0.15) is 5.01 Å². The molecule has 4 atom stereocenters. The number of carbonyl (C=O) groups excluding carboxylic acids is 2. The number of rotatable bonds is 4. The van der Waals surface area contributed by atoms with Crippen LogP contribution in [0, 0.1) is 17.8 Å². The molecule has 2 N–H and O–H groups in total.